The molecule has 0 amide bonds. The molecule has 1 nitrogen and oxygen atoms in total. The van der Waals surface area contributed by atoms with Gasteiger partial charge in [0.25, 0.3) is 0 Å². The van der Waals surface area contributed by atoms with Gasteiger partial charge in [-0.05, 0) is 19.1 Å². The summed E-state index contributed by atoms with van der Waals surface area (Å²) in [7, 11) is 0. The maximum atomic E-state index is 4.42. The predicted octanol–water partition coefficient (Wildman–Crippen LogP) is 3.28. The minimum absolute atomic E-state index is 0.251. The Labute approximate surface area is 78.6 Å². The molecule has 66 valence electrons. The van der Waals surface area contributed by atoms with Crippen LogP contribution in [0.3, 0.4) is 0 Å². The van der Waals surface area contributed by atoms with E-state index in [1.165, 1.54) is 0 Å². The van der Waals surface area contributed by atoms with Crippen LogP contribution in [0.25, 0.3) is 0 Å². The van der Waals surface area contributed by atoms with Crippen molar-refractivity contribution in [3.63, 3.8) is 0 Å². The third-order valence-electron chi connectivity index (χ3n) is 1.27. The Bertz CT molecular complexity index is 263. The molecule has 0 atom stereocenters. The third-order valence-corrected chi connectivity index (χ3v) is 2.32. The van der Waals surface area contributed by atoms with Crippen LogP contribution in [0.2, 0.25) is 0 Å². The van der Waals surface area contributed by atoms with Gasteiger partial charge in [-0.15, -0.1) is 11.8 Å². The lowest BCUT2D eigenvalue weighted by Crippen LogP contribution is -2.07. The first-order valence-electron chi connectivity index (χ1n) is 4.10. The van der Waals surface area contributed by atoms with Crippen LogP contribution in [0.5, 0.6) is 0 Å². The number of hydrogen-bond acceptors (Lipinski definition) is 2. The van der Waals surface area contributed by atoms with Crippen molar-refractivity contribution in [1.29, 1.82) is 0 Å². The zero-order valence-corrected chi connectivity index (χ0v) is 8.90. The maximum absolute atomic E-state index is 4.42. The van der Waals surface area contributed by atoms with E-state index in [4.69, 9.17) is 0 Å². The van der Waals surface area contributed by atoms with Crippen LogP contribution in [0.15, 0.2) is 23.2 Å². The van der Waals surface area contributed by atoms with E-state index in [-0.39, 0.29) is 4.75 Å². The van der Waals surface area contributed by atoms with Crippen molar-refractivity contribution in [3.05, 3.63) is 23.9 Å². The van der Waals surface area contributed by atoms with E-state index in [1.807, 2.05) is 13.0 Å². The first-order chi connectivity index (χ1) is 5.47. The summed E-state index contributed by atoms with van der Waals surface area (Å²) in [4.78, 5) is 4.42. The number of rotatable bonds is 1. The molecule has 0 aromatic carbocycles. The van der Waals surface area contributed by atoms with E-state index in [0.717, 1.165) is 10.7 Å². The molecule has 12 heavy (non-hydrogen) atoms. The maximum Gasteiger partial charge on any atom is 0.0968 e. The van der Waals surface area contributed by atoms with Crippen LogP contribution in [0.4, 0.5) is 0 Å². The summed E-state index contributed by atoms with van der Waals surface area (Å²) in [5, 5.41) is 1.11. The first kappa shape index (κ1) is 9.59. The SMILES string of the molecule is Cc1cccc(SC(C)(C)C)n1. The fraction of sp³-hybridized carbons (Fsp3) is 0.500. The summed E-state index contributed by atoms with van der Waals surface area (Å²) in [5.41, 5.74) is 1.09. The van der Waals surface area contributed by atoms with E-state index >= 15 is 0 Å². The number of pyridine rings is 1. The fourth-order valence-electron chi connectivity index (χ4n) is 0.889. The Morgan fingerprint density at radius 1 is 1.25 bits per heavy atom. The standard InChI is InChI=1S/C10H15NS/c1-8-6-5-7-9(11-8)12-10(2,3)4/h5-7H,1-4H3. The van der Waals surface area contributed by atoms with Gasteiger partial charge in [0.2, 0.25) is 0 Å². The van der Waals surface area contributed by atoms with Crippen molar-refractivity contribution in [3.8, 4) is 0 Å². The molecule has 0 spiro atoms. The Morgan fingerprint density at radius 2 is 1.92 bits per heavy atom. The lowest BCUT2D eigenvalue weighted by molar-refractivity contribution is 0.798. The van der Waals surface area contributed by atoms with Gasteiger partial charge in [0, 0.05) is 10.4 Å². The summed E-state index contributed by atoms with van der Waals surface area (Å²) in [6.45, 7) is 8.61. The van der Waals surface area contributed by atoms with E-state index in [2.05, 4.69) is 37.9 Å². The van der Waals surface area contributed by atoms with Crippen molar-refractivity contribution >= 4 is 11.8 Å². The van der Waals surface area contributed by atoms with Crippen molar-refractivity contribution < 1.29 is 0 Å². The van der Waals surface area contributed by atoms with Crippen LogP contribution < -0.4 is 0 Å². The molecule has 0 aliphatic rings. The minimum atomic E-state index is 0.251. The summed E-state index contributed by atoms with van der Waals surface area (Å²) in [6, 6.07) is 6.13. The molecule has 1 aromatic rings. The van der Waals surface area contributed by atoms with Crippen molar-refractivity contribution in [2.75, 3.05) is 0 Å². The average molecular weight is 181 g/mol. The highest BCUT2D eigenvalue weighted by molar-refractivity contribution is 8.00. The zero-order chi connectivity index (χ0) is 9.19. The molecule has 1 rings (SSSR count). The lowest BCUT2D eigenvalue weighted by atomic mass is 10.3. The van der Waals surface area contributed by atoms with Crippen molar-refractivity contribution in [2.45, 2.75) is 37.5 Å². The van der Waals surface area contributed by atoms with Crippen LogP contribution >= 0.6 is 11.8 Å². The van der Waals surface area contributed by atoms with Crippen LogP contribution in [-0.4, -0.2) is 9.73 Å². The second kappa shape index (κ2) is 3.48. The molecule has 0 radical (unpaired) electrons. The van der Waals surface area contributed by atoms with Crippen LogP contribution in [0.1, 0.15) is 26.5 Å². The number of aromatic nitrogens is 1. The Hall–Kier alpha value is -0.500. The number of nitrogens with zero attached hydrogens (tertiary/aromatic N) is 1. The Kier molecular flexibility index (Phi) is 2.78. The molecule has 1 aromatic heterocycles. The van der Waals surface area contributed by atoms with E-state index in [1.54, 1.807) is 11.8 Å². The average Bonchev–Trinajstić information content (AvgIpc) is 1.82. The zero-order valence-electron chi connectivity index (χ0n) is 8.09. The van der Waals surface area contributed by atoms with Gasteiger partial charge in [-0.25, -0.2) is 4.98 Å². The van der Waals surface area contributed by atoms with E-state index in [0.29, 0.717) is 0 Å². The van der Waals surface area contributed by atoms with E-state index in [9.17, 15) is 0 Å². The summed E-state index contributed by atoms with van der Waals surface area (Å²) in [5.74, 6) is 0. The van der Waals surface area contributed by atoms with Gasteiger partial charge < -0.3 is 0 Å². The topological polar surface area (TPSA) is 12.9 Å². The quantitative estimate of drug-likeness (QED) is 0.617. The van der Waals surface area contributed by atoms with Gasteiger partial charge in [-0.1, -0.05) is 26.8 Å². The lowest BCUT2D eigenvalue weighted by Gasteiger charge is -2.16. The molecular formula is C10H15NS. The van der Waals surface area contributed by atoms with E-state index < -0.39 is 0 Å². The molecule has 0 bridgehead atoms. The minimum Gasteiger partial charge on any atom is -0.247 e. The normalized spacial score (nSPS) is 11.7. The predicted molar refractivity (Wildman–Crippen MR) is 54.6 cm³/mol. The highest BCUT2D eigenvalue weighted by atomic mass is 32.2. The largest absolute Gasteiger partial charge is 0.247 e. The molecule has 1 heterocycles. The van der Waals surface area contributed by atoms with Crippen LogP contribution in [0, 0.1) is 6.92 Å². The van der Waals surface area contributed by atoms with Gasteiger partial charge in [-0.2, -0.15) is 0 Å². The third kappa shape index (κ3) is 3.26. The molecule has 0 saturated heterocycles. The first-order valence-corrected chi connectivity index (χ1v) is 4.92. The molecule has 0 N–H and O–H groups in total. The smallest absolute Gasteiger partial charge is 0.0968 e. The molecule has 0 aliphatic heterocycles. The molecule has 0 unspecified atom stereocenters. The summed E-state index contributed by atoms with van der Waals surface area (Å²) >= 11 is 1.80. The number of hydrogen-bond donors (Lipinski definition) is 0. The highest BCUT2D eigenvalue weighted by Crippen LogP contribution is 2.29. The van der Waals surface area contributed by atoms with Gasteiger partial charge >= 0.3 is 0 Å². The molecule has 0 saturated carbocycles. The second-order valence-electron chi connectivity index (χ2n) is 3.83. The Balaban J connectivity index is 2.77. The monoisotopic (exact) mass is 181 g/mol. The molecule has 0 fully saturated rings. The second-order valence-corrected chi connectivity index (χ2v) is 5.68. The summed E-state index contributed by atoms with van der Waals surface area (Å²) < 4.78 is 0.251. The summed E-state index contributed by atoms with van der Waals surface area (Å²) in [6.07, 6.45) is 0. The number of aryl methyl sites for hydroxylation is 1. The Morgan fingerprint density at radius 3 is 2.42 bits per heavy atom. The van der Waals surface area contributed by atoms with Gasteiger partial charge in [0.15, 0.2) is 0 Å². The molecular weight excluding hydrogens is 166 g/mol. The van der Waals surface area contributed by atoms with Crippen molar-refractivity contribution in [2.24, 2.45) is 0 Å². The van der Waals surface area contributed by atoms with Gasteiger partial charge in [-0.3, -0.25) is 0 Å². The fourth-order valence-corrected chi connectivity index (χ4v) is 1.85. The molecule has 0 aliphatic carbocycles. The molecule has 2 heteroatoms. The van der Waals surface area contributed by atoms with Crippen molar-refractivity contribution in [1.82, 2.24) is 4.98 Å². The number of thioether (sulfide) groups is 1. The highest BCUT2D eigenvalue weighted by Gasteiger charge is 2.12. The van der Waals surface area contributed by atoms with Crippen LogP contribution in [-0.2, 0) is 0 Å². The van der Waals surface area contributed by atoms with Gasteiger partial charge in [0.1, 0.15) is 0 Å². The van der Waals surface area contributed by atoms with Gasteiger partial charge in [0.05, 0.1) is 5.03 Å².